The van der Waals surface area contributed by atoms with E-state index in [4.69, 9.17) is 0 Å². The monoisotopic (exact) mass is 536 g/mol. The summed E-state index contributed by atoms with van der Waals surface area (Å²) in [6, 6.07) is 0. The van der Waals surface area contributed by atoms with Crippen LogP contribution in [-0.4, -0.2) is 47.9 Å². The van der Waals surface area contributed by atoms with Crippen molar-refractivity contribution in [2.45, 2.75) is 74.6 Å². The molecule has 16 heteroatoms. The van der Waals surface area contributed by atoms with Crippen molar-refractivity contribution in [1.82, 2.24) is 0 Å². The van der Waals surface area contributed by atoms with Gasteiger partial charge in [0.1, 0.15) is 0 Å². The van der Waals surface area contributed by atoms with Gasteiger partial charge in [-0.3, -0.25) is 0 Å². The van der Waals surface area contributed by atoms with Crippen molar-refractivity contribution < 1.29 is 70.2 Å². The Kier molecular flexibility index (Phi) is 5.49. The molecule has 4 bridgehead atoms. The van der Waals surface area contributed by atoms with Crippen molar-refractivity contribution in [3.8, 4) is 0 Å². The average molecular weight is 536 g/mol. The standard InChI is InChI=1S/C18H16F16/c1-5-7-3-8-9(5)11(8,6(7)2)4-12(21,22)14(25,26)16(29,30)18(33,34)17(31,32)15(27,28)13(23,24)10(19)20/h5-10H,3-4H2,1-2H3. The third-order valence-electron chi connectivity index (χ3n) is 8.15. The fourth-order valence-corrected chi connectivity index (χ4v) is 6.34. The van der Waals surface area contributed by atoms with Crippen LogP contribution in [0.1, 0.15) is 26.7 Å². The van der Waals surface area contributed by atoms with Gasteiger partial charge in [-0.2, -0.15) is 61.5 Å². The molecule has 4 aliphatic carbocycles. The first-order valence-electron chi connectivity index (χ1n) is 9.75. The third-order valence-corrected chi connectivity index (χ3v) is 8.15. The Morgan fingerprint density at radius 2 is 1.09 bits per heavy atom. The molecule has 0 amide bonds. The average Bonchev–Trinajstić information content (AvgIpc) is 2.87. The Hall–Kier alpha value is -1.12. The molecule has 4 rings (SSSR count). The zero-order valence-corrected chi connectivity index (χ0v) is 16.9. The van der Waals surface area contributed by atoms with Crippen LogP contribution in [0.2, 0.25) is 0 Å². The predicted molar refractivity (Wildman–Crippen MR) is 81.1 cm³/mol. The van der Waals surface area contributed by atoms with Gasteiger partial charge in [0, 0.05) is 6.42 Å². The normalized spacial score (nSPS) is 34.9. The molecular formula is C18H16F16. The fourth-order valence-electron chi connectivity index (χ4n) is 6.34. The molecule has 0 aromatic carbocycles. The van der Waals surface area contributed by atoms with E-state index in [0.29, 0.717) is 0 Å². The van der Waals surface area contributed by atoms with Crippen LogP contribution >= 0.6 is 0 Å². The Balaban J connectivity index is 1.98. The van der Waals surface area contributed by atoms with Crippen LogP contribution in [0.25, 0.3) is 0 Å². The van der Waals surface area contributed by atoms with Gasteiger partial charge in [0.2, 0.25) is 0 Å². The second-order valence-corrected chi connectivity index (χ2v) is 9.47. The molecule has 6 atom stereocenters. The van der Waals surface area contributed by atoms with E-state index >= 15 is 0 Å². The van der Waals surface area contributed by atoms with Crippen molar-refractivity contribution in [3.05, 3.63) is 0 Å². The minimum atomic E-state index is -8.31. The first-order chi connectivity index (χ1) is 14.8. The highest BCUT2D eigenvalue weighted by Crippen LogP contribution is 2.86. The Labute approximate surface area is 181 Å². The van der Waals surface area contributed by atoms with Gasteiger partial charge in [-0.25, -0.2) is 8.78 Å². The Bertz CT molecular complexity index is 828. The molecule has 6 unspecified atom stereocenters. The summed E-state index contributed by atoms with van der Waals surface area (Å²) in [6.45, 7) is 2.89. The molecule has 4 saturated carbocycles. The van der Waals surface area contributed by atoms with E-state index in [1.54, 1.807) is 6.92 Å². The van der Waals surface area contributed by atoms with Crippen molar-refractivity contribution in [3.63, 3.8) is 0 Å². The third kappa shape index (κ3) is 2.71. The lowest BCUT2D eigenvalue weighted by molar-refractivity contribution is -0.447. The minimum absolute atomic E-state index is 0.244. The van der Waals surface area contributed by atoms with Gasteiger partial charge in [0.05, 0.1) is 0 Å². The maximum Gasteiger partial charge on any atom is 0.384 e. The highest BCUT2D eigenvalue weighted by atomic mass is 19.4. The first kappa shape index (κ1) is 27.5. The van der Waals surface area contributed by atoms with Gasteiger partial charge in [-0.15, -0.1) is 0 Å². The molecule has 0 heterocycles. The van der Waals surface area contributed by atoms with Gasteiger partial charge in [-0.05, 0) is 41.4 Å². The highest BCUT2D eigenvalue weighted by molar-refractivity contribution is 5.29. The summed E-state index contributed by atoms with van der Waals surface area (Å²) in [5.41, 5.74) is -1.71. The van der Waals surface area contributed by atoms with Crippen LogP contribution in [0.3, 0.4) is 0 Å². The predicted octanol–water partition coefficient (Wildman–Crippen LogP) is 7.63. The molecule has 0 N–H and O–H groups in total. The summed E-state index contributed by atoms with van der Waals surface area (Å²) in [5, 5.41) is 0. The lowest BCUT2D eigenvalue weighted by Crippen LogP contribution is -2.73. The lowest BCUT2D eigenvalue weighted by Gasteiger charge is -2.43. The van der Waals surface area contributed by atoms with Gasteiger partial charge in [0.15, 0.2) is 0 Å². The minimum Gasteiger partial charge on any atom is -0.203 e. The van der Waals surface area contributed by atoms with Crippen LogP contribution in [0.4, 0.5) is 70.2 Å². The van der Waals surface area contributed by atoms with Gasteiger partial charge in [0.25, 0.3) is 0 Å². The van der Waals surface area contributed by atoms with E-state index in [-0.39, 0.29) is 18.3 Å². The molecule has 0 radical (unpaired) electrons. The zero-order valence-electron chi connectivity index (χ0n) is 16.9. The smallest absolute Gasteiger partial charge is 0.203 e. The van der Waals surface area contributed by atoms with Crippen molar-refractivity contribution in [2.24, 2.45) is 35.0 Å². The van der Waals surface area contributed by atoms with Crippen molar-refractivity contribution in [2.75, 3.05) is 0 Å². The lowest BCUT2D eigenvalue weighted by atomic mass is 9.81. The number of halogens is 16. The van der Waals surface area contributed by atoms with Crippen LogP contribution in [0.5, 0.6) is 0 Å². The zero-order chi connectivity index (χ0) is 26.9. The first-order valence-corrected chi connectivity index (χ1v) is 9.75. The molecule has 0 nitrogen and oxygen atoms in total. The summed E-state index contributed by atoms with van der Waals surface area (Å²) in [5.74, 6) is -56.5. The quantitative estimate of drug-likeness (QED) is 0.266. The van der Waals surface area contributed by atoms with Gasteiger partial charge < -0.3 is 0 Å². The number of rotatable bonds is 9. The summed E-state index contributed by atoms with van der Waals surface area (Å²) >= 11 is 0. The molecule has 0 saturated heterocycles. The van der Waals surface area contributed by atoms with E-state index in [1.165, 1.54) is 6.92 Å². The second kappa shape index (κ2) is 6.80. The van der Waals surface area contributed by atoms with E-state index in [1.807, 2.05) is 0 Å². The molecule has 4 fully saturated rings. The summed E-state index contributed by atoms with van der Waals surface area (Å²) in [7, 11) is 0. The van der Waals surface area contributed by atoms with Crippen LogP contribution in [0, 0.1) is 35.0 Å². The van der Waals surface area contributed by atoms with Gasteiger partial charge >= 0.3 is 47.9 Å². The number of alkyl halides is 16. The molecule has 4 aliphatic rings. The number of hydrogen-bond acceptors (Lipinski definition) is 0. The highest BCUT2D eigenvalue weighted by Gasteiger charge is 2.94. The molecule has 200 valence electrons. The van der Waals surface area contributed by atoms with Crippen LogP contribution in [-0.2, 0) is 0 Å². The maximum absolute atomic E-state index is 14.4. The molecular weight excluding hydrogens is 520 g/mol. The number of hydrogen-bond donors (Lipinski definition) is 0. The molecule has 0 aromatic rings. The van der Waals surface area contributed by atoms with Crippen LogP contribution in [0.15, 0.2) is 0 Å². The topological polar surface area (TPSA) is 0 Å². The Morgan fingerprint density at radius 3 is 1.41 bits per heavy atom. The second-order valence-electron chi connectivity index (χ2n) is 9.47. The Morgan fingerprint density at radius 1 is 0.676 bits per heavy atom. The largest absolute Gasteiger partial charge is 0.384 e. The van der Waals surface area contributed by atoms with Crippen LogP contribution < -0.4 is 0 Å². The summed E-state index contributed by atoms with van der Waals surface area (Å²) in [4.78, 5) is 0. The van der Waals surface area contributed by atoms with E-state index < -0.39 is 77.5 Å². The maximum atomic E-state index is 14.4. The molecule has 0 spiro atoms. The molecule has 0 aliphatic heterocycles. The summed E-state index contributed by atoms with van der Waals surface area (Å²) < 4.78 is 216. The van der Waals surface area contributed by atoms with E-state index in [9.17, 15) is 70.2 Å². The molecule has 0 aromatic heterocycles. The van der Waals surface area contributed by atoms with Gasteiger partial charge in [-0.1, -0.05) is 13.8 Å². The summed E-state index contributed by atoms with van der Waals surface area (Å²) in [6.07, 6.45) is -7.76. The van der Waals surface area contributed by atoms with Crippen molar-refractivity contribution >= 4 is 0 Å². The van der Waals surface area contributed by atoms with E-state index in [0.717, 1.165) is 0 Å². The SMILES string of the molecule is CC1C2CC3C1C3(CC(F)(F)C(F)(F)C(F)(F)C(F)(F)C(F)(F)C(F)(F)C(F)(F)C(F)F)C2C. The fraction of sp³-hybridized carbons (Fsp3) is 1.00. The van der Waals surface area contributed by atoms with Crippen molar-refractivity contribution in [1.29, 1.82) is 0 Å². The van der Waals surface area contributed by atoms with E-state index in [2.05, 4.69) is 0 Å². The molecule has 34 heavy (non-hydrogen) atoms.